The predicted octanol–water partition coefficient (Wildman–Crippen LogP) is 3.60. The van der Waals surface area contributed by atoms with Crippen LogP contribution in [-0.2, 0) is 11.3 Å². The lowest BCUT2D eigenvalue weighted by Crippen LogP contribution is -2.43. The minimum Gasteiger partial charge on any atom is -0.352 e. The van der Waals surface area contributed by atoms with Gasteiger partial charge in [-0.3, -0.25) is 9.69 Å². The van der Waals surface area contributed by atoms with Crippen LogP contribution in [0.1, 0.15) is 31.2 Å². The average molecular weight is 320 g/mol. The highest BCUT2D eigenvalue weighted by Crippen LogP contribution is 2.25. The molecule has 3 heteroatoms. The van der Waals surface area contributed by atoms with Crippen LogP contribution in [0.5, 0.6) is 0 Å². The Morgan fingerprint density at radius 2 is 1.67 bits per heavy atom. The van der Waals surface area contributed by atoms with Crippen LogP contribution >= 0.6 is 0 Å². The van der Waals surface area contributed by atoms with Crippen molar-refractivity contribution in [1.29, 1.82) is 0 Å². The SMILES string of the molecule is O=C(NC1CC1)C1CCCN1Cc1ccc(-c2ccccc2)cc1. The van der Waals surface area contributed by atoms with Crippen molar-refractivity contribution in [2.45, 2.75) is 44.3 Å². The van der Waals surface area contributed by atoms with E-state index < -0.39 is 0 Å². The van der Waals surface area contributed by atoms with Gasteiger partial charge in [-0.2, -0.15) is 0 Å². The second-order valence-electron chi connectivity index (χ2n) is 6.97. The van der Waals surface area contributed by atoms with E-state index in [-0.39, 0.29) is 11.9 Å². The summed E-state index contributed by atoms with van der Waals surface area (Å²) < 4.78 is 0. The van der Waals surface area contributed by atoms with Gasteiger partial charge in [0, 0.05) is 12.6 Å². The maximum atomic E-state index is 12.4. The van der Waals surface area contributed by atoms with Crippen molar-refractivity contribution in [3.8, 4) is 11.1 Å². The first kappa shape index (κ1) is 15.4. The molecule has 1 unspecified atom stereocenters. The van der Waals surface area contributed by atoms with Crippen LogP contribution in [0.4, 0.5) is 0 Å². The second kappa shape index (κ2) is 6.78. The fraction of sp³-hybridized carbons (Fsp3) is 0.381. The number of benzene rings is 2. The van der Waals surface area contributed by atoms with Crippen LogP contribution in [0.25, 0.3) is 11.1 Å². The molecule has 1 N–H and O–H groups in total. The van der Waals surface area contributed by atoms with E-state index in [1.807, 2.05) is 6.07 Å². The summed E-state index contributed by atoms with van der Waals surface area (Å²) in [4.78, 5) is 14.7. The standard InChI is InChI=1S/C21H24N2O/c24-21(22-19-12-13-19)20-7-4-14-23(20)15-16-8-10-18(11-9-16)17-5-2-1-3-6-17/h1-3,5-6,8-11,19-20H,4,7,12-15H2,(H,22,24). The molecule has 4 rings (SSSR count). The lowest BCUT2D eigenvalue weighted by molar-refractivity contribution is -0.125. The number of nitrogens with zero attached hydrogens (tertiary/aromatic N) is 1. The molecule has 1 heterocycles. The van der Waals surface area contributed by atoms with Crippen LogP contribution in [0, 0.1) is 0 Å². The summed E-state index contributed by atoms with van der Waals surface area (Å²) in [5, 5.41) is 3.16. The van der Waals surface area contributed by atoms with Gasteiger partial charge < -0.3 is 5.32 Å². The van der Waals surface area contributed by atoms with Crippen molar-refractivity contribution in [2.24, 2.45) is 0 Å². The molecule has 1 saturated carbocycles. The van der Waals surface area contributed by atoms with Crippen LogP contribution < -0.4 is 5.32 Å². The summed E-state index contributed by atoms with van der Waals surface area (Å²) in [6, 6.07) is 19.7. The summed E-state index contributed by atoms with van der Waals surface area (Å²) >= 11 is 0. The highest BCUT2D eigenvalue weighted by molar-refractivity contribution is 5.82. The third-order valence-corrected chi connectivity index (χ3v) is 5.04. The second-order valence-corrected chi connectivity index (χ2v) is 6.97. The highest BCUT2D eigenvalue weighted by atomic mass is 16.2. The molecule has 1 aliphatic heterocycles. The first-order chi connectivity index (χ1) is 11.8. The number of hydrogen-bond donors (Lipinski definition) is 1. The van der Waals surface area contributed by atoms with Crippen molar-refractivity contribution in [3.05, 3.63) is 60.2 Å². The number of nitrogens with one attached hydrogen (secondary N) is 1. The van der Waals surface area contributed by atoms with E-state index in [9.17, 15) is 4.79 Å². The van der Waals surface area contributed by atoms with Crippen LogP contribution in [0.15, 0.2) is 54.6 Å². The zero-order valence-electron chi connectivity index (χ0n) is 13.9. The Morgan fingerprint density at radius 3 is 2.38 bits per heavy atom. The van der Waals surface area contributed by atoms with E-state index in [1.54, 1.807) is 0 Å². The number of hydrogen-bond acceptors (Lipinski definition) is 2. The maximum Gasteiger partial charge on any atom is 0.237 e. The van der Waals surface area contributed by atoms with Crippen LogP contribution in [0.2, 0.25) is 0 Å². The van der Waals surface area contributed by atoms with E-state index in [1.165, 1.54) is 16.7 Å². The Bertz CT molecular complexity index is 692. The normalized spacial score (nSPS) is 20.9. The quantitative estimate of drug-likeness (QED) is 0.913. The third kappa shape index (κ3) is 3.51. The molecule has 1 atom stereocenters. The van der Waals surface area contributed by atoms with Gasteiger partial charge in [0.2, 0.25) is 5.91 Å². The minimum atomic E-state index is 0.0550. The molecule has 24 heavy (non-hydrogen) atoms. The fourth-order valence-corrected chi connectivity index (χ4v) is 3.51. The van der Waals surface area contributed by atoms with Gasteiger partial charge in [0.1, 0.15) is 0 Å². The van der Waals surface area contributed by atoms with Gasteiger partial charge in [-0.1, -0.05) is 54.6 Å². The zero-order valence-corrected chi connectivity index (χ0v) is 13.9. The summed E-state index contributed by atoms with van der Waals surface area (Å²) in [7, 11) is 0. The molecule has 0 aromatic heterocycles. The largest absolute Gasteiger partial charge is 0.352 e. The first-order valence-corrected chi connectivity index (χ1v) is 8.98. The summed E-state index contributed by atoms with van der Waals surface area (Å²) in [5.41, 5.74) is 3.76. The molecule has 1 saturated heterocycles. The summed E-state index contributed by atoms with van der Waals surface area (Å²) in [5.74, 6) is 0.232. The fourth-order valence-electron chi connectivity index (χ4n) is 3.51. The van der Waals surface area contributed by atoms with Crippen molar-refractivity contribution >= 4 is 5.91 Å². The van der Waals surface area contributed by atoms with Crippen molar-refractivity contribution in [2.75, 3.05) is 6.54 Å². The van der Waals surface area contributed by atoms with E-state index in [0.717, 1.165) is 38.8 Å². The molecule has 2 aromatic carbocycles. The number of carbonyl (C=O) groups excluding carboxylic acids is 1. The van der Waals surface area contributed by atoms with E-state index in [0.29, 0.717) is 6.04 Å². The molecule has 1 aliphatic carbocycles. The Hall–Kier alpha value is -2.13. The summed E-state index contributed by atoms with van der Waals surface area (Å²) in [6.45, 7) is 1.88. The molecule has 0 spiro atoms. The van der Waals surface area contributed by atoms with Crippen molar-refractivity contribution < 1.29 is 4.79 Å². The smallest absolute Gasteiger partial charge is 0.237 e. The number of carbonyl (C=O) groups is 1. The Balaban J connectivity index is 1.41. The predicted molar refractivity (Wildman–Crippen MR) is 96.5 cm³/mol. The molecule has 2 aliphatic rings. The molecular formula is C21H24N2O. The molecule has 124 valence electrons. The molecule has 3 nitrogen and oxygen atoms in total. The number of likely N-dealkylation sites (tertiary alicyclic amines) is 1. The molecule has 2 aromatic rings. The Morgan fingerprint density at radius 1 is 0.958 bits per heavy atom. The Labute approximate surface area is 143 Å². The monoisotopic (exact) mass is 320 g/mol. The van der Waals surface area contributed by atoms with Gasteiger partial charge >= 0.3 is 0 Å². The van der Waals surface area contributed by atoms with Crippen LogP contribution in [-0.4, -0.2) is 29.4 Å². The first-order valence-electron chi connectivity index (χ1n) is 8.98. The van der Waals surface area contributed by atoms with E-state index >= 15 is 0 Å². The van der Waals surface area contributed by atoms with Crippen LogP contribution in [0.3, 0.4) is 0 Å². The van der Waals surface area contributed by atoms with Gasteiger partial charge in [0.15, 0.2) is 0 Å². The lowest BCUT2D eigenvalue weighted by Gasteiger charge is -2.23. The molecule has 2 fully saturated rings. The zero-order chi connectivity index (χ0) is 16.4. The molecule has 1 amide bonds. The van der Waals surface area contributed by atoms with Crippen molar-refractivity contribution in [1.82, 2.24) is 10.2 Å². The maximum absolute atomic E-state index is 12.4. The van der Waals surface area contributed by atoms with Crippen molar-refractivity contribution in [3.63, 3.8) is 0 Å². The van der Waals surface area contributed by atoms with Gasteiger partial charge in [0.25, 0.3) is 0 Å². The van der Waals surface area contributed by atoms with Gasteiger partial charge in [-0.15, -0.1) is 0 Å². The molecule has 0 radical (unpaired) electrons. The molecule has 0 bridgehead atoms. The number of amides is 1. The minimum absolute atomic E-state index is 0.0550. The van der Waals surface area contributed by atoms with Gasteiger partial charge in [-0.25, -0.2) is 0 Å². The summed E-state index contributed by atoms with van der Waals surface area (Å²) in [6.07, 6.45) is 4.41. The molecular weight excluding hydrogens is 296 g/mol. The van der Waals surface area contributed by atoms with Gasteiger partial charge in [-0.05, 0) is 48.9 Å². The van der Waals surface area contributed by atoms with E-state index in [4.69, 9.17) is 0 Å². The Kier molecular flexibility index (Phi) is 4.35. The highest BCUT2D eigenvalue weighted by Gasteiger charge is 2.33. The lowest BCUT2D eigenvalue weighted by atomic mass is 10.0. The topological polar surface area (TPSA) is 32.3 Å². The number of rotatable bonds is 5. The van der Waals surface area contributed by atoms with Gasteiger partial charge in [0.05, 0.1) is 6.04 Å². The average Bonchev–Trinajstić information content (AvgIpc) is 3.31. The third-order valence-electron chi connectivity index (χ3n) is 5.04. The van der Waals surface area contributed by atoms with E-state index in [2.05, 4.69) is 58.7 Å².